The fraction of sp³-hybridized carbons (Fsp3) is 0.909. The highest BCUT2D eigenvalue weighted by atomic mass is 14.7. The molecule has 0 saturated heterocycles. The maximum absolute atomic E-state index is 4.46. The zero-order valence-electron chi connectivity index (χ0n) is 8.84. The molecule has 0 radical (unpaired) electrons. The maximum atomic E-state index is 4.46. The molecule has 0 aliphatic heterocycles. The van der Waals surface area contributed by atoms with Gasteiger partial charge in [-0.3, -0.25) is 4.99 Å². The van der Waals surface area contributed by atoms with Gasteiger partial charge in [-0.05, 0) is 26.0 Å². The minimum absolute atomic E-state index is 0.545. The Morgan fingerprint density at radius 1 is 1.17 bits per heavy atom. The van der Waals surface area contributed by atoms with Crippen LogP contribution in [0.1, 0.15) is 59.3 Å². The smallest absolute Gasteiger partial charge is 0.0467 e. The van der Waals surface area contributed by atoms with Crippen LogP contribution >= 0.6 is 0 Å². The molecule has 0 aromatic heterocycles. The van der Waals surface area contributed by atoms with E-state index in [1.807, 2.05) is 0 Å². The summed E-state index contributed by atoms with van der Waals surface area (Å²) in [6.07, 6.45) is 9.69. The second-order valence-electron chi connectivity index (χ2n) is 3.47. The maximum Gasteiger partial charge on any atom is 0.0467 e. The molecular weight excluding hydrogens is 146 g/mol. The summed E-state index contributed by atoms with van der Waals surface area (Å²) in [5.41, 5.74) is 0. The van der Waals surface area contributed by atoms with E-state index in [-0.39, 0.29) is 0 Å². The molecule has 12 heavy (non-hydrogen) atoms. The summed E-state index contributed by atoms with van der Waals surface area (Å²) in [7, 11) is 0. The lowest BCUT2D eigenvalue weighted by molar-refractivity contribution is 0.594. The van der Waals surface area contributed by atoms with Crippen molar-refractivity contribution in [3.05, 3.63) is 0 Å². The van der Waals surface area contributed by atoms with Crippen LogP contribution in [0, 0.1) is 0 Å². The van der Waals surface area contributed by atoms with Crippen molar-refractivity contribution in [3.8, 4) is 0 Å². The first-order valence-corrected chi connectivity index (χ1v) is 5.32. The van der Waals surface area contributed by atoms with Crippen LogP contribution < -0.4 is 0 Å². The Bertz CT molecular complexity index is 108. The van der Waals surface area contributed by atoms with Crippen molar-refractivity contribution < 1.29 is 0 Å². The number of nitrogens with zero attached hydrogens (tertiary/aromatic N) is 1. The van der Waals surface area contributed by atoms with Crippen LogP contribution in [-0.2, 0) is 0 Å². The van der Waals surface area contributed by atoms with Crippen LogP contribution in [0.4, 0.5) is 0 Å². The van der Waals surface area contributed by atoms with Gasteiger partial charge in [0.15, 0.2) is 0 Å². The lowest BCUT2D eigenvalue weighted by Crippen LogP contribution is -1.97. The van der Waals surface area contributed by atoms with Gasteiger partial charge in [-0.25, -0.2) is 0 Å². The number of aliphatic imine (C=N–C) groups is 1. The van der Waals surface area contributed by atoms with E-state index in [9.17, 15) is 0 Å². The largest absolute Gasteiger partial charge is 0.295 e. The Hall–Kier alpha value is -0.330. The number of rotatable bonds is 7. The molecule has 0 rings (SSSR count). The van der Waals surface area contributed by atoms with Gasteiger partial charge in [-0.15, -0.1) is 0 Å². The predicted octanol–water partition coefficient (Wildman–Crippen LogP) is 3.83. The van der Waals surface area contributed by atoms with Crippen LogP contribution in [0.2, 0.25) is 0 Å². The minimum atomic E-state index is 0.545. The highest BCUT2D eigenvalue weighted by molar-refractivity contribution is 5.57. The third-order valence-corrected chi connectivity index (χ3v) is 2.00. The molecule has 1 heteroatoms. The van der Waals surface area contributed by atoms with Crippen molar-refractivity contribution in [2.24, 2.45) is 4.99 Å². The Balaban J connectivity index is 3.26. The molecule has 0 aromatic carbocycles. The predicted molar refractivity (Wildman–Crippen MR) is 57.0 cm³/mol. The summed E-state index contributed by atoms with van der Waals surface area (Å²) in [5.74, 6) is 0. The van der Waals surface area contributed by atoms with Gasteiger partial charge in [0.05, 0.1) is 0 Å². The second kappa shape index (κ2) is 8.76. The van der Waals surface area contributed by atoms with E-state index < -0.39 is 0 Å². The first-order chi connectivity index (χ1) is 5.81. The summed E-state index contributed by atoms with van der Waals surface area (Å²) >= 11 is 0. The van der Waals surface area contributed by atoms with E-state index in [0.29, 0.717) is 6.04 Å². The molecule has 0 N–H and O–H groups in total. The van der Waals surface area contributed by atoms with Gasteiger partial charge in [-0.1, -0.05) is 39.5 Å². The minimum Gasteiger partial charge on any atom is -0.295 e. The van der Waals surface area contributed by atoms with E-state index in [2.05, 4.69) is 32.0 Å². The Labute approximate surface area is 77.3 Å². The normalized spacial score (nSPS) is 13.9. The van der Waals surface area contributed by atoms with Crippen LogP contribution in [0.25, 0.3) is 0 Å². The lowest BCUT2D eigenvalue weighted by Gasteiger charge is -2.04. The summed E-state index contributed by atoms with van der Waals surface area (Å²) < 4.78 is 0. The molecule has 0 spiro atoms. The van der Waals surface area contributed by atoms with Crippen LogP contribution in [-0.4, -0.2) is 12.3 Å². The Morgan fingerprint density at radius 3 is 2.50 bits per heavy atom. The van der Waals surface area contributed by atoms with Crippen molar-refractivity contribution >= 4 is 6.21 Å². The highest BCUT2D eigenvalue weighted by Crippen LogP contribution is 2.05. The van der Waals surface area contributed by atoms with Crippen molar-refractivity contribution in [2.45, 2.75) is 65.3 Å². The third-order valence-electron chi connectivity index (χ3n) is 2.00. The average molecular weight is 169 g/mol. The molecule has 0 fully saturated rings. The molecule has 1 atom stereocenters. The van der Waals surface area contributed by atoms with E-state index in [1.54, 1.807) is 0 Å². The van der Waals surface area contributed by atoms with Gasteiger partial charge in [-0.2, -0.15) is 0 Å². The highest BCUT2D eigenvalue weighted by Gasteiger charge is 1.95. The molecule has 0 aliphatic carbocycles. The third kappa shape index (κ3) is 7.77. The molecule has 72 valence electrons. The molecule has 0 heterocycles. The zero-order chi connectivity index (χ0) is 9.23. The van der Waals surface area contributed by atoms with Crippen LogP contribution in [0.3, 0.4) is 0 Å². The molecule has 0 bridgehead atoms. The molecule has 0 amide bonds. The fourth-order valence-electron chi connectivity index (χ4n) is 1.15. The lowest BCUT2D eigenvalue weighted by atomic mass is 10.1. The van der Waals surface area contributed by atoms with Crippen molar-refractivity contribution in [2.75, 3.05) is 0 Å². The van der Waals surface area contributed by atoms with Crippen LogP contribution in [0.5, 0.6) is 0 Å². The Kier molecular flexibility index (Phi) is 8.52. The molecule has 1 nitrogen and oxygen atoms in total. The topological polar surface area (TPSA) is 12.4 Å². The van der Waals surface area contributed by atoms with Gasteiger partial charge in [0.2, 0.25) is 0 Å². The summed E-state index contributed by atoms with van der Waals surface area (Å²) in [6, 6.07) is 0.545. The molecule has 0 aliphatic rings. The van der Waals surface area contributed by atoms with Crippen molar-refractivity contribution in [1.82, 2.24) is 0 Å². The van der Waals surface area contributed by atoms with Gasteiger partial charge in [0.1, 0.15) is 0 Å². The molecule has 0 aromatic rings. The average Bonchev–Trinajstić information content (AvgIpc) is 2.06. The first kappa shape index (κ1) is 11.7. The van der Waals surface area contributed by atoms with Crippen molar-refractivity contribution in [1.29, 1.82) is 0 Å². The van der Waals surface area contributed by atoms with E-state index in [4.69, 9.17) is 0 Å². The van der Waals surface area contributed by atoms with Crippen molar-refractivity contribution in [3.63, 3.8) is 0 Å². The first-order valence-electron chi connectivity index (χ1n) is 5.32. The monoisotopic (exact) mass is 169 g/mol. The van der Waals surface area contributed by atoms with E-state index in [0.717, 1.165) is 6.42 Å². The molecular formula is C11H23N. The van der Waals surface area contributed by atoms with Gasteiger partial charge in [0, 0.05) is 6.04 Å². The number of unbranched alkanes of at least 4 members (excludes halogenated alkanes) is 3. The second-order valence-corrected chi connectivity index (χ2v) is 3.47. The summed E-state index contributed by atoms with van der Waals surface area (Å²) in [5, 5.41) is 0. The zero-order valence-corrected chi connectivity index (χ0v) is 8.84. The van der Waals surface area contributed by atoms with Gasteiger partial charge >= 0.3 is 0 Å². The van der Waals surface area contributed by atoms with Gasteiger partial charge in [0.25, 0.3) is 0 Å². The molecule has 0 saturated carbocycles. The number of hydrogen-bond donors (Lipinski definition) is 0. The summed E-state index contributed by atoms with van der Waals surface area (Å²) in [4.78, 5) is 4.46. The molecule has 1 unspecified atom stereocenters. The quantitative estimate of drug-likeness (QED) is 0.406. The SMILES string of the molecule is CCCC=NC(C)CCCCC. The number of hydrogen-bond acceptors (Lipinski definition) is 1. The Morgan fingerprint density at radius 2 is 1.92 bits per heavy atom. The van der Waals surface area contributed by atoms with Gasteiger partial charge < -0.3 is 0 Å². The van der Waals surface area contributed by atoms with E-state index >= 15 is 0 Å². The fourth-order valence-corrected chi connectivity index (χ4v) is 1.15. The summed E-state index contributed by atoms with van der Waals surface area (Å²) in [6.45, 7) is 6.64. The standard InChI is InChI=1S/C11H23N/c1-4-6-8-9-11(3)12-10-7-5-2/h10-11H,4-9H2,1-3H3. The van der Waals surface area contributed by atoms with Crippen LogP contribution in [0.15, 0.2) is 4.99 Å². The van der Waals surface area contributed by atoms with E-state index in [1.165, 1.54) is 32.1 Å².